The molecule has 3 nitrogen and oxygen atoms in total. The molecule has 0 aliphatic heterocycles. The van der Waals surface area contributed by atoms with E-state index >= 15 is 0 Å². The third-order valence-corrected chi connectivity index (χ3v) is 1.96. The lowest BCUT2D eigenvalue weighted by atomic mass is 10.2. The van der Waals surface area contributed by atoms with Gasteiger partial charge in [-0.2, -0.15) is 8.78 Å². The van der Waals surface area contributed by atoms with Gasteiger partial charge >= 0.3 is 6.43 Å². The first-order valence-electron chi connectivity index (χ1n) is 4.32. The minimum atomic E-state index is -3.01. The minimum absolute atomic E-state index is 0.00795. The molecule has 1 amide bonds. The summed E-state index contributed by atoms with van der Waals surface area (Å²) in [7, 11) is 1.26. The van der Waals surface area contributed by atoms with Gasteiger partial charge in [0.2, 0.25) is 0 Å². The number of halogens is 2. The summed E-state index contributed by atoms with van der Waals surface area (Å²) < 4.78 is 24.1. The van der Waals surface area contributed by atoms with Crippen LogP contribution in [0.15, 0.2) is 24.3 Å². The molecule has 0 atom stereocenters. The lowest BCUT2D eigenvalue weighted by Gasteiger charge is -2.17. The molecule has 5 heteroatoms. The van der Waals surface area contributed by atoms with Crippen LogP contribution in [0.1, 0.15) is 5.56 Å². The lowest BCUT2D eigenvalue weighted by Crippen LogP contribution is -2.31. The van der Waals surface area contributed by atoms with Crippen molar-refractivity contribution in [3.8, 4) is 5.75 Å². The Morgan fingerprint density at radius 2 is 2.07 bits per heavy atom. The number of phenols is 1. The van der Waals surface area contributed by atoms with Gasteiger partial charge in [0.1, 0.15) is 5.75 Å². The Balaban J connectivity index is 2.71. The Morgan fingerprint density at radius 3 is 2.60 bits per heavy atom. The average molecular weight is 215 g/mol. The molecule has 0 saturated heterocycles. The maximum Gasteiger partial charge on any atom is 0.315 e. The maximum absolute atomic E-state index is 12.0. The van der Waals surface area contributed by atoms with Gasteiger partial charge in [0, 0.05) is 19.2 Å². The molecule has 0 heterocycles. The van der Waals surface area contributed by atoms with Crippen LogP contribution in [0.2, 0.25) is 0 Å². The van der Waals surface area contributed by atoms with Gasteiger partial charge in [-0.15, -0.1) is 0 Å². The van der Waals surface area contributed by atoms with Crippen molar-refractivity contribution in [1.82, 2.24) is 4.90 Å². The zero-order valence-corrected chi connectivity index (χ0v) is 8.15. The summed E-state index contributed by atoms with van der Waals surface area (Å²) in [5.41, 5.74) is 0.439. The number of amides is 1. The molecular weight excluding hydrogens is 204 g/mol. The maximum atomic E-state index is 12.0. The number of nitrogens with zero attached hydrogens (tertiary/aromatic N) is 1. The van der Waals surface area contributed by atoms with Crippen LogP contribution < -0.4 is 0 Å². The number of carbonyl (C=O) groups is 1. The second-order valence-corrected chi connectivity index (χ2v) is 3.12. The fraction of sp³-hybridized carbons (Fsp3) is 0.300. The zero-order chi connectivity index (χ0) is 11.4. The number of carbonyl (C=O) groups excluding carboxylic acids is 1. The van der Waals surface area contributed by atoms with Crippen molar-refractivity contribution in [3.05, 3.63) is 29.8 Å². The largest absolute Gasteiger partial charge is 0.508 e. The molecule has 1 aromatic carbocycles. The van der Waals surface area contributed by atoms with Crippen LogP contribution in [0.4, 0.5) is 8.78 Å². The second-order valence-electron chi connectivity index (χ2n) is 3.12. The van der Waals surface area contributed by atoms with E-state index < -0.39 is 12.3 Å². The first-order chi connectivity index (χ1) is 7.02. The number of phenolic OH excluding ortho intramolecular Hbond substituents is 1. The summed E-state index contributed by atoms with van der Waals surface area (Å²) >= 11 is 0. The zero-order valence-electron chi connectivity index (χ0n) is 8.15. The van der Waals surface area contributed by atoms with Crippen molar-refractivity contribution in [2.75, 3.05) is 7.05 Å². The van der Waals surface area contributed by atoms with Crippen molar-refractivity contribution in [2.24, 2.45) is 0 Å². The van der Waals surface area contributed by atoms with E-state index in [1.54, 1.807) is 18.2 Å². The molecule has 0 fully saturated rings. The Labute approximate surface area is 85.9 Å². The van der Waals surface area contributed by atoms with Gasteiger partial charge in [0.05, 0.1) is 0 Å². The van der Waals surface area contributed by atoms with Crippen molar-refractivity contribution < 1.29 is 18.7 Å². The molecule has 0 radical (unpaired) electrons. The molecule has 0 saturated carbocycles. The fourth-order valence-corrected chi connectivity index (χ4v) is 1.14. The fourth-order valence-electron chi connectivity index (χ4n) is 1.14. The molecule has 1 aromatic rings. The first kappa shape index (κ1) is 11.4. The van der Waals surface area contributed by atoms with E-state index in [1.807, 2.05) is 0 Å². The number of alkyl halides is 2. The Morgan fingerprint density at radius 1 is 1.47 bits per heavy atom. The van der Waals surface area contributed by atoms with Crippen molar-refractivity contribution in [3.63, 3.8) is 0 Å². The van der Waals surface area contributed by atoms with Crippen LogP contribution in [-0.2, 0) is 11.3 Å². The molecule has 0 aliphatic carbocycles. The van der Waals surface area contributed by atoms with Gasteiger partial charge in [0.25, 0.3) is 5.91 Å². The number of benzene rings is 1. The summed E-state index contributed by atoms with van der Waals surface area (Å²) in [6.07, 6.45) is -3.01. The van der Waals surface area contributed by atoms with E-state index in [1.165, 1.54) is 13.1 Å². The molecule has 0 bridgehead atoms. The molecule has 1 N–H and O–H groups in total. The Kier molecular flexibility index (Phi) is 3.60. The number of rotatable bonds is 3. The van der Waals surface area contributed by atoms with Crippen LogP contribution in [-0.4, -0.2) is 29.4 Å². The summed E-state index contributed by atoms with van der Waals surface area (Å²) in [5.74, 6) is -1.26. The monoisotopic (exact) mass is 215 g/mol. The SMILES string of the molecule is CN(Cc1ccccc1O)C(=O)C(F)F. The van der Waals surface area contributed by atoms with Crippen molar-refractivity contribution in [2.45, 2.75) is 13.0 Å². The predicted octanol–water partition coefficient (Wildman–Crippen LogP) is 1.62. The summed E-state index contributed by atoms with van der Waals surface area (Å²) in [6, 6.07) is 6.30. The van der Waals surface area contributed by atoms with Crippen molar-refractivity contribution >= 4 is 5.91 Å². The molecular formula is C10H11F2NO2. The smallest absolute Gasteiger partial charge is 0.315 e. The highest BCUT2D eigenvalue weighted by atomic mass is 19.3. The summed E-state index contributed by atoms with van der Waals surface area (Å²) in [5, 5.41) is 9.35. The van der Waals surface area contributed by atoms with E-state index in [0.717, 1.165) is 4.90 Å². The van der Waals surface area contributed by atoms with E-state index in [9.17, 15) is 18.7 Å². The van der Waals surface area contributed by atoms with Gasteiger partial charge in [-0.3, -0.25) is 4.79 Å². The highest BCUT2D eigenvalue weighted by molar-refractivity contribution is 5.79. The highest BCUT2D eigenvalue weighted by Gasteiger charge is 2.20. The van der Waals surface area contributed by atoms with Gasteiger partial charge in [-0.1, -0.05) is 18.2 Å². The van der Waals surface area contributed by atoms with Gasteiger partial charge in [-0.25, -0.2) is 0 Å². The van der Waals surface area contributed by atoms with Crippen LogP contribution >= 0.6 is 0 Å². The quantitative estimate of drug-likeness (QED) is 0.832. The topological polar surface area (TPSA) is 40.5 Å². The molecule has 0 unspecified atom stereocenters. The molecule has 1 rings (SSSR count). The standard InChI is InChI=1S/C10H11F2NO2/c1-13(10(15)9(11)12)6-7-4-2-3-5-8(7)14/h2-5,9,14H,6H2,1H3. The van der Waals surface area contributed by atoms with E-state index in [4.69, 9.17) is 0 Å². The van der Waals surface area contributed by atoms with Crippen molar-refractivity contribution in [1.29, 1.82) is 0 Å². The molecule has 15 heavy (non-hydrogen) atoms. The molecule has 0 aliphatic rings. The van der Waals surface area contributed by atoms with E-state index in [0.29, 0.717) is 5.56 Å². The third kappa shape index (κ3) is 2.90. The highest BCUT2D eigenvalue weighted by Crippen LogP contribution is 2.17. The second kappa shape index (κ2) is 4.72. The number of hydrogen-bond acceptors (Lipinski definition) is 2. The Bertz CT molecular complexity index is 355. The molecule has 0 aromatic heterocycles. The minimum Gasteiger partial charge on any atom is -0.508 e. The normalized spacial score (nSPS) is 10.4. The molecule has 0 spiro atoms. The summed E-state index contributed by atoms with van der Waals surface area (Å²) in [4.78, 5) is 11.7. The van der Waals surface area contributed by atoms with Gasteiger partial charge in [0.15, 0.2) is 0 Å². The Hall–Kier alpha value is -1.65. The van der Waals surface area contributed by atoms with Gasteiger partial charge in [-0.05, 0) is 6.07 Å². The number of para-hydroxylation sites is 1. The van der Waals surface area contributed by atoms with Crippen LogP contribution in [0.3, 0.4) is 0 Å². The van der Waals surface area contributed by atoms with Crippen LogP contribution in [0, 0.1) is 0 Å². The van der Waals surface area contributed by atoms with Gasteiger partial charge < -0.3 is 10.0 Å². The van der Waals surface area contributed by atoms with E-state index in [-0.39, 0.29) is 12.3 Å². The summed E-state index contributed by atoms with van der Waals surface area (Å²) in [6.45, 7) is -0.0319. The number of hydrogen-bond donors (Lipinski definition) is 1. The average Bonchev–Trinajstić information content (AvgIpc) is 2.20. The third-order valence-electron chi connectivity index (χ3n) is 1.96. The first-order valence-corrected chi connectivity index (χ1v) is 4.32. The van der Waals surface area contributed by atoms with E-state index in [2.05, 4.69) is 0 Å². The van der Waals surface area contributed by atoms with Crippen LogP contribution in [0.25, 0.3) is 0 Å². The molecule has 82 valence electrons. The predicted molar refractivity (Wildman–Crippen MR) is 50.6 cm³/mol. The number of aromatic hydroxyl groups is 1. The van der Waals surface area contributed by atoms with Crippen LogP contribution in [0.5, 0.6) is 5.75 Å². The lowest BCUT2D eigenvalue weighted by molar-refractivity contribution is -0.141.